The van der Waals surface area contributed by atoms with Gasteiger partial charge in [0.25, 0.3) is 0 Å². The maximum atomic E-state index is 13.9. The van der Waals surface area contributed by atoms with Crippen LogP contribution in [0.5, 0.6) is 0 Å². The molecule has 2 N–H and O–H groups in total. The zero-order valence-corrected chi connectivity index (χ0v) is 17.9. The molecule has 2 aromatic rings. The Morgan fingerprint density at radius 3 is 2.35 bits per heavy atom. The first kappa shape index (κ1) is 22.8. The fourth-order valence-electron chi connectivity index (χ4n) is 3.44. The number of hydrogen-bond donors (Lipinski definition) is 2. The van der Waals surface area contributed by atoms with Gasteiger partial charge >= 0.3 is 0 Å². The summed E-state index contributed by atoms with van der Waals surface area (Å²) >= 11 is 0. The summed E-state index contributed by atoms with van der Waals surface area (Å²) in [7, 11) is -4.20. The number of nitrogens with zero attached hydrogens (tertiary/aromatic N) is 1. The number of halogens is 2. The van der Waals surface area contributed by atoms with Crippen molar-refractivity contribution in [2.45, 2.75) is 31.6 Å². The highest BCUT2D eigenvalue weighted by Gasteiger charge is 2.33. The fourth-order valence-corrected chi connectivity index (χ4v) is 4.99. The summed E-state index contributed by atoms with van der Waals surface area (Å²) in [5.74, 6) is -2.79. The molecular formula is C21H23F2N3O4S. The number of nitrogens with one attached hydrogen (secondary N) is 2. The van der Waals surface area contributed by atoms with E-state index in [2.05, 4.69) is 10.6 Å². The van der Waals surface area contributed by atoms with E-state index >= 15 is 0 Å². The number of sulfonamides is 1. The Hall–Kier alpha value is -2.85. The molecule has 0 radical (unpaired) electrons. The molecule has 2 aromatic carbocycles. The van der Waals surface area contributed by atoms with Gasteiger partial charge in [-0.3, -0.25) is 9.59 Å². The van der Waals surface area contributed by atoms with Crippen molar-refractivity contribution < 1.29 is 26.8 Å². The van der Waals surface area contributed by atoms with Crippen LogP contribution in [0.2, 0.25) is 0 Å². The summed E-state index contributed by atoms with van der Waals surface area (Å²) < 4.78 is 53.8. The summed E-state index contributed by atoms with van der Waals surface area (Å²) in [5, 5.41) is 5.48. The minimum atomic E-state index is -4.20. The van der Waals surface area contributed by atoms with E-state index in [1.54, 1.807) is 18.2 Å². The van der Waals surface area contributed by atoms with Crippen LogP contribution in [0.1, 0.15) is 25.3 Å². The van der Waals surface area contributed by atoms with Gasteiger partial charge in [-0.05, 0) is 55.7 Å². The van der Waals surface area contributed by atoms with Crippen LogP contribution in [-0.2, 0) is 19.6 Å². The lowest BCUT2D eigenvalue weighted by Gasteiger charge is -2.30. The second-order valence-corrected chi connectivity index (χ2v) is 9.36. The van der Waals surface area contributed by atoms with Crippen molar-refractivity contribution in [1.29, 1.82) is 0 Å². The molecule has 1 fully saturated rings. The highest BCUT2D eigenvalue weighted by molar-refractivity contribution is 7.89. The van der Waals surface area contributed by atoms with Crippen molar-refractivity contribution in [1.82, 2.24) is 4.31 Å². The number of hydrogen-bond acceptors (Lipinski definition) is 4. The lowest BCUT2D eigenvalue weighted by atomic mass is 9.97. The van der Waals surface area contributed by atoms with E-state index in [1.165, 1.54) is 6.92 Å². The first-order chi connectivity index (χ1) is 14.6. The van der Waals surface area contributed by atoms with Gasteiger partial charge in [-0.2, -0.15) is 4.31 Å². The number of aryl methyl sites for hydroxylation is 1. The van der Waals surface area contributed by atoms with E-state index in [1.807, 2.05) is 6.92 Å². The van der Waals surface area contributed by atoms with Crippen molar-refractivity contribution in [3.05, 3.63) is 53.6 Å². The molecule has 1 aliphatic rings. The standard InChI is InChI=1S/C21H23F2N3O4S/c1-13-3-5-17(12-19(13)24-14(2)27)25-21(28)15-7-9-26(10-8-15)31(29,30)20-11-16(22)4-6-18(20)23/h3-6,11-12,15H,7-10H2,1-2H3,(H,24,27)(H,25,28). The lowest BCUT2D eigenvalue weighted by Crippen LogP contribution is -2.41. The van der Waals surface area contributed by atoms with Crippen LogP contribution < -0.4 is 10.6 Å². The van der Waals surface area contributed by atoms with Crippen LogP contribution in [0.3, 0.4) is 0 Å². The van der Waals surface area contributed by atoms with E-state index in [4.69, 9.17) is 0 Å². The molecule has 3 rings (SSSR count). The van der Waals surface area contributed by atoms with Gasteiger partial charge in [-0.25, -0.2) is 17.2 Å². The maximum Gasteiger partial charge on any atom is 0.246 e. The molecule has 0 saturated carbocycles. The summed E-state index contributed by atoms with van der Waals surface area (Å²) in [5.41, 5.74) is 1.94. The van der Waals surface area contributed by atoms with E-state index in [9.17, 15) is 26.8 Å². The van der Waals surface area contributed by atoms with Crippen molar-refractivity contribution >= 4 is 33.2 Å². The van der Waals surface area contributed by atoms with Crippen LogP contribution in [0, 0.1) is 24.5 Å². The highest BCUT2D eigenvalue weighted by Crippen LogP contribution is 2.27. The van der Waals surface area contributed by atoms with Gasteiger partial charge in [-0.1, -0.05) is 6.07 Å². The Kier molecular flexibility index (Phi) is 6.71. The van der Waals surface area contributed by atoms with Crippen molar-refractivity contribution in [2.24, 2.45) is 5.92 Å². The van der Waals surface area contributed by atoms with Crippen LogP contribution in [0.25, 0.3) is 0 Å². The minimum Gasteiger partial charge on any atom is -0.326 e. The number of amides is 2. The molecule has 0 atom stereocenters. The average molecular weight is 451 g/mol. The molecule has 7 nitrogen and oxygen atoms in total. The molecule has 0 spiro atoms. The molecule has 2 amide bonds. The van der Waals surface area contributed by atoms with Crippen LogP contribution in [-0.4, -0.2) is 37.6 Å². The third kappa shape index (κ3) is 5.26. The summed E-state index contributed by atoms with van der Waals surface area (Å²) in [4.78, 5) is 23.2. The highest BCUT2D eigenvalue weighted by atomic mass is 32.2. The first-order valence-corrected chi connectivity index (χ1v) is 11.2. The second-order valence-electron chi connectivity index (χ2n) is 7.45. The van der Waals surface area contributed by atoms with Crippen molar-refractivity contribution in [2.75, 3.05) is 23.7 Å². The molecule has 0 bridgehead atoms. The molecule has 31 heavy (non-hydrogen) atoms. The number of carbonyl (C=O) groups is 2. The Balaban J connectivity index is 1.65. The van der Waals surface area contributed by atoms with E-state index in [0.717, 1.165) is 22.0 Å². The first-order valence-electron chi connectivity index (χ1n) is 9.72. The number of carbonyl (C=O) groups excluding carboxylic acids is 2. The average Bonchev–Trinajstić information content (AvgIpc) is 2.72. The zero-order chi connectivity index (χ0) is 22.8. The summed E-state index contributed by atoms with van der Waals surface area (Å²) in [6.07, 6.45) is 0.485. The molecule has 1 aliphatic heterocycles. The van der Waals surface area contributed by atoms with Crippen LogP contribution in [0.4, 0.5) is 20.2 Å². The monoisotopic (exact) mass is 451 g/mol. The van der Waals surface area contributed by atoms with Crippen molar-refractivity contribution in [3.63, 3.8) is 0 Å². The fraction of sp³-hybridized carbons (Fsp3) is 0.333. The normalized spacial score (nSPS) is 15.5. The SMILES string of the molecule is CC(=O)Nc1cc(NC(=O)C2CCN(S(=O)(=O)c3cc(F)ccc3F)CC2)ccc1C. The van der Waals surface area contributed by atoms with Gasteiger partial charge in [0, 0.05) is 37.3 Å². The molecule has 0 unspecified atom stereocenters. The van der Waals surface area contributed by atoms with Crippen LogP contribution in [0.15, 0.2) is 41.3 Å². The van der Waals surface area contributed by atoms with E-state index in [0.29, 0.717) is 17.4 Å². The molecule has 1 saturated heterocycles. The van der Waals surface area contributed by atoms with E-state index in [-0.39, 0.29) is 37.7 Å². The number of anilines is 2. The third-order valence-corrected chi connectivity index (χ3v) is 7.07. The lowest BCUT2D eigenvalue weighted by molar-refractivity contribution is -0.121. The Morgan fingerprint density at radius 1 is 1.03 bits per heavy atom. The minimum absolute atomic E-state index is 0.0153. The molecule has 0 aromatic heterocycles. The quantitative estimate of drug-likeness (QED) is 0.729. The van der Waals surface area contributed by atoms with Gasteiger partial charge in [0.2, 0.25) is 21.8 Å². The Labute approximate surface area is 179 Å². The predicted octanol–water partition coefficient (Wildman–Crippen LogP) is 3.27. The van der Waals surface area contributed by atoms with Gasteiger partial charge in [0.1, 0.15) is 16.5 Å². The molecule has 10 heteroatoms. The topological polar surface area (TPSA) is 95.6 Å². The second kappa shape index (κ2) is 9.11. The smallest absolute Gasteiger partial charge is 0.246 e. The van der Waals surface area contributed by atoms with Gasteiger partial charge in [-0.15, -0.1) is 0 Å². The molecule has 1 heterocycles. The summed E-state index contributed by atoms with van der Waals surface area (Å²) in [6, 6.07) is 7.43. The van der Waals surface area contributed by atoms with E-state index < -0.39 is 32.5 Å². The number of piperidine rings is 1. The largest absolute Gasteiger partial charge is 0.326 e. The predicted molar refractivity (Wildman–Crippen MR) is 112 cm³/mol. The molecule has 0 aliphatic carbocycles. The van der Waals surface area contributed by atoms with Gasteiger partial charge < -0.3 is 10.6 Å². The van der Waals surface area contributed by atoms with Crippen molar-refractivity contribution in [3.8, 4) is 0 Å². The maximum absolute atomic E-state index is 13.9. The Morgan fingerprint density at radius 2 is 1.71 bits per heavy atom. The van der Waals surface area contributed by atoms with Gasteiger partial charge in [0.05, 0.1) is 0 Å². The summed E-state index contributed by atoms with van der Waals surface area (Å²) in [6.45, 7) is 3.25. The van der Waals surface area contributed by atoms with Crippen LogP contribution >= 0.6 is 0 Å². The number of rotatable bonds is 5. The zero-order valence-electron chi connectivity index (χ0n) is 17.1. The molecule has 166 valence electrons. The third-order valence-electron chi connectivity index (χ3n) is 5.15. The Bertz CT molecular complexity index is 1110. The number of benzene rings is 2. The van der Waals surface area contributed by atoms with Gasteiger partial charge in [0.15, 0.2) is 0 Å². The molecular weight excluding hydrogens is 428 g/mol.